The van der Waals surface area contributed by atoms with Crippen molar-refractivity contribution in [1.29, 1.82) is 0 Å². The highest BCUT2D eigenvalue weighted by molar-refractivity contribution is 5.79. The monoisotopic (exact) mass is 377 g/mol. The molecule has 144 valence electrons. The fraction of sp³-hybridized carbons (Fsp3) is 0.391. The average Bonchev–Trinajstić information content (AvgIpc) is 3.19. The minimum Gasteiger partial charge on any atom is -0.481 e. The molecule has 2 aromatic carbocycles. The quantitative estimate of drug-likeness (QED) is 0.870. The van der Waals surface area contributed by atoms with Crippen molar-refractivity contribution < 1.29 is 19.4 Å². The Morgan fingerprint density at radius 2 is 1.68 bits per heavy atom. The standard InChI is InChI=1S/C23H23NO4/c25-22(26)12-14-11-21-15(14)9-10-24(21)23(27)28-13-20-18-7-3-1-5-16(18)17-6-2-4-8-19(17)20/h1-8,14-15,20-21H,9-13H2,(H,25,26). The number of amides is 1. The molecule has 5 nitrogen and oxygen atoms in total. The molecule has 2 aromatic rings. The summed E-state index contributed by atoms with van der Waals surface area (Å²) < 4.78 is 5.76. The molecular weight excluding hydrogens is 354 g/mol. The average molecular weight is 377 g/mol. The summed E-state index contributed by atoms with van der Waals surface area (Å²) in [6.45, 7) is 1.00. The van der Waals surface area contributed by atoms with Gasteiger partial charge in [0.1, 0.15) is 6.61 Å². The summed E-state index contributed by atoms with van der Waals surface area (Å²) in [7, 11) is 0. The lowest BCUT2D eigenvalue weighted by molar-refractivity contribution is -0.140. The van der Waals surface area contributed by atoms with E-state index in [1.165, 1.54) is 22.3 Å². The lowest BCUT2D eigenvalue weighted by Gasteiger charge is -2.42. The highest BCUT2D eigenvalue weighted by Gasteiger charge is 2.50. The van der Waals surface area contributed by atoms with Gasteiger partial charge in [0, 0.05) is 24.9 Å². The summed E-state index contributed by atoms with van der Waals surface area (Å²) in [5, 5.41) is 9.00. The Kier molecular flexibility index (Phi) is 4.11. The molecule has 1 N–H and O–H groups in total. The largest absolute Gasteiger partial charge is 0.481 e. The van der Waals surface area contributed by atoms with E-state index in [-0.39, 0.29) is 30.4 Å². The number of benzene rings is 2. The van der Waals surface area contributed by atoms with Crippen LogP contribution in [0.15, 0.2) is 48.5 Å². The molecule has 5 heteroatoms. The van der Waals surface area contributed by atoms with Crippen LogP contribution in [0.25, 0.3) is 11.1 Å². The Hall–Kier alpha value is -2.82. The zero-order valence-corrected chi connectivity index (χ0v) is 15.6. The van der Waals surface area contributed by atoms with Crippen molar-refractivity contribution in [2.45, 2.75) is 31.2 Å². The lowest BCUT2D eigenvalue weighted by atomic mass is 9.68. The second-order valence-electron chi connectivity index (χ2n) is 8.11. The Balaban J connectivity index is 1.26. The predicted molar refractivity (Wildman–Crippen MR) is 104 cm³/mol. The third-order valence-corrected chi connectivity index (χ3v) is 6.76. The Morgan fingerprint density at radius 3 is 2.32 bits per heavy atom. The Morgan fingerprint density at radius 1 is 1.04 bits per heavy atom. The molecule has 3 unspecified atom stereocenters. The smallest absolute Gasteiger partial charge is 0.410 e. The number of fused-ring (bicyclic) bond motifs is 4. The van der Waals surface area contributed by atoms with Crippen LogP contribution < -0.4 is 0 Å². The molecule has 28 heavy (non-hydrogen) atoms. The van der Waals surface area contributed by atoms with Crippen molar-refractivity contribution in [2.24, 2.45) is 11.8 Å². The molecule has 0 spiro atoms. The molecule has 2 aliphatic carbocycles. The predicted octanol–water partition coefficient (Wildman–Crippen LogP) is 4.12. The number of carboxylic acids is 1. The number of carboxylic acid groups (broad SMARTS) is 1. The van der Waals surface area contributed by atoms with Crippen LogP contribution >= 0.6 is 0 Å². The number of ether oxygens (including phenoxy) is 1. The van der Waals surface area contributed by atoms with Crippen LogP contribution in [0.5, 0.6) is 0 Å². The number of hydrogen-bond acceptors (Lipinski definition) is 3. The third kappa shape index (κ3) is 2.68. The van der Waals surface area contributed by atoms with Crippen LogP contribution in [0, 0.1) is 11.8 Å². The van der Waals surface area contributed by atoms with Crippen molar-refractivity contribution >= 4 is 12.1 Å². The first kappa shape index (κ1) is 17.3. The van der Waals surface area contributed by atoms with Gasteiger partial charge in [0.15, 0.2) is 0 Å². The van der Waals surface area contributed by atoms with Gasteiger partial charge in [-0.05, 0) is 46.9 Å². The molecule has 5 rings (SSSR count). The fourth-order valence-corrected chi connectivity index (χ4v) is 5.38. The van der Waals surface area contributed by atoms with Crippen molar-refractivity contribution in [2.75, 3.05) is 13.2 Å². The normalized spacial score (nSPS) is 24.9. The first-order valence-corrected chi connectivity index (χ1v) is 9.97. The Labute approximate surface area is 163 Å². The topological polar surface area (TPSA) is 66.8 Å². The van der Waals surface area contributed by atoms with E-state index in [0.29, 0.717) is 19.1 Å². The van der Waals surface area contributed by atoms with Gasteiger partial charge in [-0.3, -0.25) is 4.79 Å². The maximum absolute atomic E-state index is 12.7. The van der Waals surface area contributed by atoms with Gasteiger partial charge in [0.2, 0.25) is 0 Å². The molecule has 3 atom stereocenters. The summed E-state index contributed by atoms with van der Waals surface area (Å²) >= 11 is 0. The van der Waals surface area contributed by atoms with Gasteiger partial charge in [-0.25, -0.2) is 4.79 Å². The SMILES string of the molecule is O=C(O)CC1CC2C1CCN2C(=O)OCC1c2ccccc2-c2ccccc21. The molecule has 1 aliphatic heterocycles. The second-order valence-corrected chi connectivity index (χ2v) is 8.11. The van der Waals surface area contributed by atoms with Gasteiger partial charge in [-0.2, -0.15) is 0 Å². The fourth-order valence-electron chi connectivity index (χ4n) is 5.38. The molecule has 1 saturated carbocycles. The molecule has 1 saturated heterocycles. The van der Waals surface area contributed by atoms with Crippen LogP contribution in [0.3, 0.4) is 0 Å². The van der Waals surface area contributed by atoms with E-state index in [9.17, 15) is 9.59 Å². The first-order valence-electron chi connectivity index (χ1n) is 9.97. The highest BCUT2D eigenvalue weighted by atomic mass is 16.6. The van der Waals surface area contributed by atoms with Gasteiger partial charge >= 0.3 is 12.1 Å². The lowest BCUT2D eigenvalue weighted by Crippen LogP contribution is -2.48. The molecule has 1 amide bonds. The van der Waals surface area contributed by atoms with E-state index in [1.54, 1.807) is 0 Å². The Bertz CT molecular complexity index is 894. The molecule has 0 bridgehead atoms. The molecular formula is C23H23NO4. The summed E-state index contributed by atoms with van der Waals surface area (Å²) in [5.74, 6) is -0.163. The van der Waals surface area contributed by atoms with Gasteiger partial charge in [0.25, 0.3) is 0 Å². The molecule has 2 fully saturated rings. The van der Waals surface area contributed by atoms with E-state index >= 15 is 0 Å². The summed E-state index contributed by atoms with van der Waals surface area (Å²) in [5.41, 5.74) is 4.86. The maximum atomic E-state index is 12.7. The van der Waals surface area contributed by atoms with Gasteiger partial charge in [0.05, 0.1) is 0 Å². The number of carbonyl (C=O) groups is 2. The molecule has 1 heterocycles. The van der Waals surface area contributed by atoms with E-state index in [0.717, 1.165) is 12.8 Å². The van der Waals surface area contributed by atoms with Gasteiger partial charge < -0.3 is 14.7 Å². The minimum atomic E-state index is -0.747. The molecule has 0 radical (unpaired) electrons. The zero-order chi connectivity index (χ0) is 19.3. The van der Waals surface area contributed by atoms with E-state index < -0.39 is 5.97 Å². The minimum absolute atomic E-state index is 0.0656. The first-order chi connectivity index (χ1) is 13.6. The number of aliphatic carboxylic acids is 1. The van der Waals surface area contributed by atoms with Crippen LogP contribution in [0.2, 0.25) is 0 Å². The molecule has 3 aliphatic rings. The van der Waals surface area contributed by atoms with Gasteiger partial charge in [-0.1, -0.05) is 48.5 Å². The maximum Gasteiger partial charge on any atom is 0.410 e. The van der Waals surface area contributed by atoms with E-state index in [4.69, 9.17) is 9.84 Å². The number of rotatable bonds is 4. The number of carbonyl (C=O) groups excluding carboxylic acids is 1. The summed E-state index contributed by atoms with van der Waals surface area (Å²) in [4.78, 5) is 25.5. The third-order valence-electron chi connectivity index (χ3n) is 6.76. The summed E-state index contributed by atoms with van der Waals surface area (Å²) in [6.07, 6.45) is 1.61. The van der Waals surface area contributed by atoms with Crippen LogP contribution in [-0.2, 0) is 9.53 Å². The zero-order valence-electron chi connectivity index (χ0n) is 15.6. The van der Waals surface area contributed by atoms with Crippen molar-refractivity contribution in [3.63, 3.8) is 0 Å². The number of likely N-dealkylation sites (tertiary alicyclic amines) is 1. The van der Waals surface area contributed by atoms with Crippen LogP contribution in [0.1, 0.15) is 36.3 Å². The van der Waals surface area contributed by atoms with Gasteiger partial charge in [-0.15, -0.1) is 0 Å². The highest BCUT2D eigenvalue weighted by Crippen LogP contribution is 2.48. The second kappa shape index (κ2) is 6.66. The number of hydrogen-bond donors (Lipinski definition) is 1. The van der Waals surface area contributed by atoms with Crippen molar-refractivity contribution in [1.82, 2.24) is 4.90 Å². The van der Waals surface area contributed by atoms with E-state index in [1.807, 2.05) is 29.2 Å². The van der Waals surface area contributed by atoms with E-state index in [2.05, 4.69) is 24.3 Å². The van der Waals surface area contributed by atoms with Crippen molar-refractivity contribution in [3.05, 3.63) is 59.7 Å². The van der Waals surface area contributed by atoms with Crippen LogP contribution in [0.4, 0.5) is 4.79 Å². The number of nitrogens with zero attached hydrogens (tertiary/aromatic N) is 1. The summed E-state index contributed by atoms with van der Waals surface area (Å²) in [6, 6.07) is 16.8. The van der Waals surface area contributed by atoms with Crippen molar-refractivity contribution in [3.8, 4) is 11.1 Å². The van der Waals surface area contributed by atoms with Crippen LogP contribution in [-0.4, -0.2) is 41.3 Å². The molecule has 0 aromatic heterocycles.